The topological polar surface area (TPSA) is 69.6 Å². The van der Waals surface area contributed by atoms with Crippen molar-refractivity contribution in [2.75, 3.05) is 20.2 Å². The van der Waals surface area contributed by atoms with E-state index in [1.807, 2.05) is 0 Å². The molecule has 5 nitrogen and oxygen atoms in total. The maximum Gasteiger partial charge on any atom is 0.279 e. The zero-order valence-corrected chi connectivity index (χ0v) is 11.7. The summed E-state index contributed by atoms with van der Waals surface area (Å²) < 4.78 is 27.2. The van der Waals surface area contributed by atoms with Gasteiger partial charge in [0.2, 0.25) is 0 Å². The quantitative estimate of drug-likeness (QED) is 0.787. The molecule has 102 valence electrons. The number of nitrogens with zero attached hydrogens (tertiary/aromatic N) is 1. The Morgan fingerprint density at radius 2 is 2.17 bits per heavy atom. The highest BCUT2D eigenvalue weighted by atomic mass is 35.5. The fourth-order valence-electron chi connectivity index (χ4n) is 1.35. The van der Waals surface area contributed by atoms with Crippen LogP contribution in [0.5, 0.6) is 0 Å². The zero-order chi connectivity index (χ0) is 13.6. The Labute approximate surface area is 113 Å². The Kier molecular flexibility index (Phi) is 6.04. The molecule has 0 saturated heterocycles. The fourth-order valence-corrected chi connectivity index (χ4v) is 2.50. The van der Waals surface area contributed by atoms with Crippen molar-refractivity contribution in [1.82, 2.24) is 9.03 Å². The van der Waals surface area contributed by atoms with Crippen LogP contribution in [0.3, 0.4) is 0 Å². The summed E-state index contributed by atoms with van der Waals surface area (Å²) in [6, 6.07) is 6.99. The SMILES string of the molecule is CN(CCCO)S(=O)(=O)NCc1cccc(Cl)c1. The van der Waals surface area contributed by atoms with Crippen LogP contribution in [0.4, 0.5) is 0 Å². The van der Waals surface area contributed by atoms with Gasteiger partial charge in [0.05, 0.1) is 0 Å². The van der Waals surface area contributed by atoms with Crippen molar-refractivity contribution in [2.45, 2.75) is 13.0 Å². The van der Waals surface area contributed by atoms with Gasteiger partial charge in [0.25, 0.3) is 10.2 Å². The molecule has 18 heavy (non-hydrogen) atoms. The van der Waals surface area contributed by atoms with E-state index in [9.17, 15) is 8.42 Å². The molecule has 0 spiro atoms. The number of aliphatic hydroxyl groups excluding tert-OH is 1. The molecule has 0 bridgehead atoms. The Balaban J connectivity index is 2.56. The predicted molar refractivity (Wildman–Crippen MR) is 71.5 cm³/mol. The predicted octanol–water partition coefficient (Wildman–Crippen LogP) is 0.989. The standard InChI is InChI=1S/C11H17ClN2O3S/c1-14(6-3-7-15)18(16,17)13-9-10-4-2-5-11(12)8-10/h2,4-5,8,13,15H,3,6-7,9H2,1H3. The molecule has 1 rings (SSSR count). The van der Waals surface area contributed by atoms with Gasteiger partial charge >= 0.3 is 0 Å². The summed E-state index contributed by atoms with van der Waals surface area (Å²) in [4.78, 5) is 0. The monoisotopic (exact) mass is 292 g/mol. The van der Waals surface area contributed by atoms with Gasteiger partial charge in [0, 0.05) is 31.8 Å². The molecule has 0 aliphatic heterocycles. The molecule has 0 heterocycles. The molecule has 0 saturated carbocycles. The summed E-state index contributed by atoms with van der Waals surface area (Å²) in [6.07, 6.45) is 0.411. The third-order valence-electron chi connectivity index (χ3n) is 2.39. The van der Waals surface area contributed by atoms with Gasteiger partial charge in [-0.25, -0.2) is 0 Å². The van der Waals surface area contributed by atoms with E-state index in [1.54, 1.807) is 24.3 Å². The molecule has 0 radical (unpaired) electrons. The molecule has 7 heteroatoms. The molecule has 0 atom stereocenters. The second-order valence-electron chi connectivity index (χ2n) is 3.85. The molecule has 1 aromatic rings. The Morgan fingerprint density at radius 3 is 2.78 bits per heavy atom. The summed E-state index contributed by atoms with van der Waals surface area (Å²) in [5, 5.41) is 9.23. The van der Waals surface area contributed by atoms with Crippen LogP contribution in [0.15, 0.2) is 24.3 Å². The number of hydrogen-bond donors (Lipinski definition) is 2. The first-order valence-corrected chi connectivity index (χ1v) is 7.34. The van der Waals surface area contributed by atoms with E-state index in [1.165, 1.54) is 11.4 Å². The van der Waals surface area contributed by atoms with Gasteiger partial charge in [-0.05, 0) is 24.1 Å². The zero-order valence-electron chi connectivity index (χ0n) is 10.1. The van der Waals surface area contributed by atoms with Gasteiger partial charge in [0.1, 0.15) is 0 Å². The highest BCUT2D eigenvalue weighted by molar-refractivity contribution is 7.87. The van der Waals surface area contributed by atoms with Crippen LogP contribution in [-0.4, -0.2) is 38.0 Å². The normalized spacial score (nSPS) is 12.0. The lowest BCUT2D eigenvalue weighted by molar-refractivity contribution is 0.275. The largest absolute Gasteiger partial charge is 0.396 e. The van der Waals surface area contributed by atoms with Crippen molar-refractivity contribution in [3.63, 3.8) is 0 Å². The molecule has 0 aliphatic rings. The van der Waals surface area contributed by atoms with Crippen molar-refractivity contribution in [3.8, 4) is 0 Å². The second kappa shape index (κ2) is 7.06. The van der Waals surface area contributed by atoms with Crippen LogP contribution in [0, 0.1) is 0 Å². The molecule has 0 amide bonds. The van der Waals surface area contributed by atoms with Crippen molar-refractivity contribution in [2.24, 2.45) is 0 Å². The number of aliphatic hydroxyl groups is 1. The molecule has 1 aromatic carbocycles. The van der Waals surface area contributed by atoms with Gasteiger partial charge in [-0.2, -0.15) is 17.4 Å². The van der Waals surface area contributed by atoms with Crippen LogP contribution in [-0.2, 0) is 16.8 Å². The minimum absolute atomic E-state index is 0.0336. The van der Waals surface area contributed by atoms with Gasteiger partial charge < -0.3 is 5.11 Å². The first-order valence-electron chi connectivity index (χ1n) is 5.52. The third kappa shape index (κ3) is 4.91. The van der Waals surface area contributed by atoms with Gasteiger partial charge in [-0.1, -0.05) is 23.7 Å². The highest BCUT2D eigenvalue weighted by Gasteiger charge is 2.16. The first kappa shape index (κ1) is 15.4. The number of rotatable bonds is 7. The van der Waals surface area contributed by atoms with E-state index in [-0.39, 0.29) is 19.7 Å². The van der Waals surface area contributed by atoms with E-state index in [4.69, 9.17) is 16.7 Å². The molecule has 0 unspecified atom stereocenters. The minimum Gasteiger partial charge on any atom is -0.396 e. The maximum absolute atomic E-state index is 11.8. The first-order chi connectivity index (χ1) is 8.45. The van der Waals surface area contributed by atoms with Crippen LogP contribution in [0.2, 0.25) is 5.02 Å². The van der Waals surface area contributed by atoms with Crippen LogP contribution in [0.1, 0.15) is 12.0 Å². The van der Waals surface area contributed by atoms with Crippen LogP contribution < -0.4 is 4.72 Å². The molecule has 0 fully saturated rings. The Hall–Kier alpha value is -0.660. The van der Waals surface area contributed by atoms with E-state index in [0.717, 1.165) is 5.56 Å². The second-order valence-corrected chi connectivity index (χ2v) is 6.15. The summed E-state index contributed by atoms with van der Waals surface area (Å²) in [6.45, 7) is 0.432. The van der Waals surface area contributed by atoms with Gasteiger partial charge in [0.15, 0.2) is 0 Å². The summed E-state index contributed by atoms with van der Waals surface area (Å²) >= 11 is 5.81. The van der Waals surface area contributed by atoms with Crippen molar-refractivity contribution in [1.29, 1.82) is 0 Å². The van der Waals surface area contributed by atoms with Gasteiger partial charge in [-0.15, -0.1) is 0 Å². The number of benzene rings is 1. The number of halogens is 1. The van der Waals surface area contributed by atoms with E-state index in [0.29, 0.717) is 11.4 Å². The summed E-state index contributed by atoms with van der Waals surface area (Å²) in [7, 11) is -2.05. The molecule has 0 aromatic heterocycles. The summed E-state index contributed by atoms with van der Waals surface area (Å²) in [5.74, 6) is 0. The molecular weight excluding hydrogens is 276 g/mol. The molecule has 0 aliphatic carbocycles. The van der Waals surface area contributed by atoms with Crippen molar-refractivity contribution >= 4 is 21.8 Å². The fraction of sp³-hybridized carbons (Fsp3) is 0.455. The lowest BCUT2D eigenvalue weighted by Crippen LogP contribution is -2.38. The maximum atomic E-state index is 11.8. The molecular formula is C11H17ClN2O3S. The Bertz CT molecular complexity index is 479. The average molecular weight is 293 g/mol. The number of nitrogens with one attached hydrogen (secondary N) is 1. The lowest BCUT2D eigenvalue weighted by Gasteiger charge is -2.17. The van der Waals surface area contributed by atoms with Crippen molar-refractivity contribution < 1.29 is 13.5 Å². The van der Waals surface area contributed by atoms with E-state index >= 15 is 0 Å². The molecule has 2 N–H and O–H groups in total. The third-order valence-corrected chi connectivity index (χ3v) is 4.14. The average Bonchev–Trinajstić information content (AvgIpc) is 2.33. The van der Waals surface area contributed by atoms with Gasteiger partial charge in [-0.3, -0.25) is 0 Å². The number of hydrogen-bond acceptors (Lipinski definition) is 3. The van der Waals surface area contributed by atoms with Crippen molar-refractivity contribution in [3.05, 3.63) is 34.9 Å². The smallest absolute Gasteiger partial charge is 0.279 e. The minimum atomic E-state index is -3.51. The summed E-state index contributed by atoms with van der Waals surface area (Å²) in [5.41, 5.74) is 0.793. The van der Waals surface area contributed by atoms with Crippen LogP contribution in [0.25, 0.3) is 0 Å². The van der Waals surface area contributed by atoms with Crippen LogP contribution >= 0.6 is 11.6 Å². The lowest BCUT2D eigenvalue weighted by atomic mass is 10.2. The van der Waals surface area contributed by atoms with E-state index in [2.05, 4.69) is 4.72 Å². The highest BCUT2D eigenvalue weighted by Crippen LogP contribution is 2.10. The Morgan fingerprint density at radius 1 is 1.44 bits per heavy atom. The van der Waals surface area contributed by atoms with E-state index < -0.39 is 10.2 Å².